The van der Waals surface area contributed by atoms with Crippen molar-refractivity contribution in [1.29, 1.82) is 0 Å². The van der Waals surface area contributed by atoms with Gasteiger partial charge in [0.25, 0.3) is 0 Å². The number of anilines is 1. The van der Waals surface area contributed by atoms with Crippen LogP contribution in [0.15, 0.2) is 18.3 Å². The highest BCUT2D eigenvalue weighted by atomic mass is 16.1. The minimum Gasteiger partial charge on any atom is -0.357 e. The number of hydrogen-bond acceptors (Lipinski definition) is 4. The van der Waals surface area contributed by atoms with E-state index >= 15 is 0 Å². The van der Waals surface area contributed by atoms with Crippen molar-refractivity contribution in [2.75, 3.05) is 31.1 Å². The van der Waals surface area contributed by atoms with E-state index in [-0.39, 0.29) is 5.78 Å². The number of carbonyl (C=O) groups is 1. The van der Waals surface area contributed by atoms with Gasteiger partial charge in [-0.3, -0.25) is 9.69 Å². The highest BCUT2D eigenvalue weighted by Crippen LogP contribution is 2.43. The topological polar surface area (TPSA) is 36.4 Å². The van der Waals surface area contributed by atoms with E-state index in [2.05, 4.69) is 14.8 Å². The molecule has 2 saturated heterocycles. The summed E-state index contributed by atoms with van der Waals surface area (Å²) < 4.78 is 0. The molecule has 1 saturated carbocycles. The summed E-state index contributed by atoms with van der Waals surface area (Å²) in [5.74, 6) is 1.11. The fraction of sp³-hybridized carbons (Fsp3) is 0.684. The van der Waals surface area contributed by atoms with Gasteiger partial charge < -0.3 is 4.90 Å². The number of ketones is 1. The summed E-state index contributed by atoms with van der Waals surface area (Å²) in [6.07, 6.45) is 9.95. The van der Waals surface area contributed by atoms with Gasteiger partial charge in [-0.15, -0.1) is 0 Å². The summed E-state index contributed by atoms with van der Waals surface area (Å²) in [5.41, 5.74) is 1.26. The van der Waals surface area contributed by atoms with Gasteiger partial charge in [-0.1, -0.05) is 6.42 Å². The molecule has 3 aliphatic rings. The molecular formula is C19H27N3O. The van der Waals surface area contributed by atoms with E-state index in [0.29, 0.717) is 11.0 Å². The van der Waals surface area contributed by atoms with Crippen LogP contribution in [-0.4, -0.2) is 47.9 Å². The molecule has 0 aromatic carbocycles. The van der Waals surface area contributed by atoms with Crippen molar-refractivity contribution in [1.82, 2.24) is 9.88 Å². The third-order valence-corrected chi connectivity index (χ3v) is 6.36. The third-order valence-electron chi connectivity index (χ3n) is 6.36. The van der Waals surface area contributed by atoms with E-state index in [1.807, 2.05) is 12.1 Å². The van der Waals surface area contributed by atoms with Gasteiger partial charge in [0.2, 0.25) is 0 Å². The van der Waals surface area contributed by atoms with Gasteiger partial charge in [0.1, 0.15) is 5.82 Å². The molecule has 1 aromatic rings. The Balaban J connectivity index is 1.36. The lowest BCUT2D eigenvalue weighted by atomic mass is 9.77. The molecule has 4 nitrogen and oxygen atoms in total. The molecule has 23 heavy (non-hydrogen) atoms. The van der Waals surface area contributed by atoms with Crippen molar-refractivity contribution in [2.45, 2.75) is 51.5 Å². The van der Waals surface area contributed by atoms with E-state index in [1.54, 1.807) is 13.1 Å². The van der Waals surface area contributed by atoms with Crippen LogP contribution in [0, 0.1) is 5.41 Å². The van der Waals surface area contributed by atoms with Crippen LogP contribution in [-0.2, 0) is 0 Å². The van der Waals surface area contributed by atoms with Crippen molar-refractivity contribution in [2.24, 2.45) is 5.41 Å². The molecule has 0 atom stereocenters. The summed E-state index contributed by atoms with van der Waals surface area (Å²) in [4.78, 5) is 21.0. The largest absolute Gasteiger partial charge is 0.357 e. The third kappa shape index (κ3) is 2.89. The van der Waals surface area contributed by atoms with E-state index in [9.17, 15) is 4.79 Å². The Morgan fingerprint density at radius 2 is 1.91 bits per heavy atom. The van der Waals surface area contributed by atoms with Crippen LogP contribution in [0.25, 0.3) is 0 Å². The molecule has 0 bridgehead atoms. The van der Waals surface area contributed by atoms with Crippen molar-refractivity contribution >= 4 is 11.6 Å². The van der Waals surface area contributed by atoms with Gasteiger partial charge in [0.15, 0.2) is 5.78 Å². The molecule has 1 spiro atoms. The van der Waals surface area contributed by atoms with Gasteiger partial charge in [0, 0.05) is 37.4 Å². The molecule has 124 valence electrons. The van der Waals surface area contributed by atoms with Gasteiger partial charge >= 0.3 is 0 Å². The van der Waals surface area contributed by atoms with E-state index in [4.69, 9.17) is 0 Å². The highest BCUT2D eigenvalue weighted by Gasteiger charge is 2.43. The average molecular weight is 313 g/mol. The van der Waals surface area contributed by atoms with Crippen LogP contribution in [0.4, 0.5) is 5.82 Å². The van der Waals surface area contributed by atoms with E-state index in [1.165, 1.54) is 51.6 Å². The van der Waals surface area contributed by atoms with Gasteiger partial charge in [-0.05, 0) is 63.1 Å². The second kappa shape index (κ2) is 5.90. The number of carbonyl (C=O) groups excluding carboxylic acids is 1. The lowest BCUT2D eigenvalue weighted by molar-refractivity contribution is 0.101. The Kier molecular flexibility index (Phi) is 3.88. The maximum atomic E-state index is 11.4. The monoisotopic (exact) mass is 313 g/mol. The first-order valence-electron chi connectivity index (χ1n) is 9.11. The van der Waals surface area contributed by atoms with Crippen LogP contribution in [0.1, 0.15) is 55.8 Å². The standard InChI is InChI=1S/C19H27N3O/c1-15(23)16-5-6-18(20-13-16)21-10-7-19(8-11-21)9-12-22(14-19)17-3-2-4-17/h5-6,13,17H,2-4,7-12,14H2,1H3. The fourth-order valence-corrected chi connectivity index (χ4v) is 4.43. The zero-order valence-electron chi connectivity index (χ0n) is 14.1. The normalized spacial score (nSPS) is 24.8. The lowest BCUT2D eigenvalue weighted by Gasteiger charge is -2.41. The number of rotatable bonds is 3. The SMILES string of the molecule is CC(=O)c1ccc(N2CCC3(CC2)CCN(C2CCC2)C3)nc1. The summed E-state index contributed by atoms with van der Waals surface area (Å²) in [6, 6.07) is 4.81. The second-order valence-corrected chi connectivity index (χ2v) is 7.75. The first kappa shape index (κ1) is 15.1. The smallest absolute Gasteiger partial charge is 0.161 e. The Morgan fingerprint density at radius 1 is 1.17 bits per heavy atom. The van der Waals surface area contributed by atoms with Crippen molar-refractivity contribution in [3.8, 4) is 0 Å². The molecule has 4 rings (SSSR count). The molecule has 0 unspecified atom stereocenters. The lowest BCUT2D eigenvalue weighted by Crippen LogP contribution is -2.44. The molecular weight excluding hydrogens is 286 g/mol. The number of likely N-dealkylation sites (tertiary alicyclic amines) is 1. The van der Waals surface area contributed by atoms with Crippen molar-refractivity contribution in [3.63, 3.8) is 0 Å². The van der Waals surface area contributed by atoms with Gasteiger partial charge in [-0.25, -0.2) is 4.98 Å². The zero-order valence-corrected chi connectivity index (χ0v) is 14.1. The van der Waals surface area contributed by atoms with Crippen LogP contribution in [0.5, 0.6) is 0 Å². The Morgan fingerprint density at radius 3 is 2.48 bits per heavy atom. The average Bonchev–Trinajstić information content (AvgIpc) is 2.90. The van der Waals surface area contributed by atoms with Crippen molar-refractivity contribution in [3.05, 3.63) is 23.9 Å². The molecule has 0 radical (unpaired) electrons. The van der Waals surface area contributed by atoms with Gasteiger partial charge in [0.05, 0.1) is 0 Å². The first-order chi connectivity index (χ1) is 11.2. The summed E-state index contributed by atoms with van der Waals surface area (Å²) in [5, 5.41) is 0. The molecule has 1 aromatic heterocycles. The Bertz CT molecular complexity index is 571. The predicted octanol–water partition coefficient (Wildman–Crippen LogP) is 3.13. The van der Waals surface area contributed by atoms with Crippen LogP contribution in [0.3, 0.4) is 0 Å². The quantitative estimate of drug-likeness (QED) is 0.803. The molecule has 2 aliphatic heterocycles. The number of pyridine rings is 1. The minimum absolute atomic E-state index is 0.0867. The number of Topliss-reactive ketones (excluding diaryl/α,β-unsaturated/α-hetero) is 1. The fourth-order valence-electron chi connectivity index (χ4n) is 4.43. The van der Waals surface area contributed by atoms with E-state index < -0.39 is 0 Å². The molecule has 4 heteroatoms. The first-order valence-corrected chi connectivity index (χ1v) is 9.11. The summed E-state index contributed by atoms with van der Waals surface area (Å²) in [7, 11) is 0. The van der Waals surface area contributed by atoms with Crippen LogP contribution >= 0.6 is 0 Å². The number of aromatic nitrogens is 1. The Hall–Kier alpha value is -1.42. The number of nitrogens with zero attached hydrogens (tertiary/aromatic N) is 3. The van der Waals surface area contributed by atoms with Crippen molar-refractivity contribution < 1.29 is 4.79 Å². The molecule has 3 fully saturated rings. The maximum absolute atomic E-state index is 11.4. The van der Waals surface area contributed by atoms with Gasteiger partial charge in [-0.2, -0.15) is 0 Å². The maximum Gasteiger partial charge on any atom is 0.161 e. The highest BCUT2D eigenvalue weighted by molar-refractivity contribution is 5.93. The zero-order chi connectivity index (χ0) is 15.9. The van der Waals surface area contributed by atoms with Crippen LogP contribution < -0.4 is 4.90 Å². The molecule has 3 heterocycles. The Labute approximate surface area is 138 Å². The summed E-state index contributed by atoms with van der Waals surface area (Å²) in [6.45, 7) is 6.43. The van der Waals surface area contributed by atoms with Crippen LogP contribution in [0.2, 0.25) is 0 Å². The minimum atomic E-state index is 0.0867. The molecule has 1 aliphatic carbocycles. The van der Waals surface area contributed by atoms with E-state index in [0.717, 1.165) is 24.9 Å². The molecule has 0 N–H and O–H groups in total. The molecule has 0 amide bonds. The predicted molar refractivity (Wildman–Crippen MR) is 92.0 cm³/mol. The number of piperidine rings is 1. The summed E-state index contributed by atoms with van der Waals surface area (Å²) >= 11 is 0. The second-order valence-electron chi connectivity index (χ2n) is 7.75. The number of hydrogen-bond donors (Lipinski definition) is 0.